The highest BCUT2D eigenvalue weighted by Gasteiger charge is 2.33. The second-order valence-corrected chi connectivity index (χ2v) is 6.58. The summed E-state index contributed by atoms with van der Waals surface area (Å²) in [6, 6.07) is 7.14. The zero-order valence-electron chi connectivity index (χ0n) is 15.2. The van der Waals surface area contributed by atoms with Gasteiger partial charge >= 0.3 is 5.97 Å². The largest absolute Gasteiger partial charge is 0.481 e. The number of carboxylic acids is 1. The number of carboxylic acid groups (broad SMARTS) is 1. The van der Waals surface area contributed by atoms with E-state index in [9.17, 15) is 14.4 Å². The number of fused-ring (bicyclic) bond motifs is 1. The molecule has 0 fully saturated rings. The van der Waals surface area contributed by atoms with Crippen LogP contribution in [-0.4, -0.2) is 54.8 Å². The molecule has 1 aliphatic rings. The molecule has 1 aliphatic heterocycles. The standard InChI is InChI=1S/C18H24N2O6/c1-12-17(24)20(13-6-4-5-7-14(13)26-12)9-8-15(21)19-18(2,11-25-3)10-16(22)23/h4-7,12H,8-11H2,1-3H3,(H,19,21)(H,22,23). The highest BCUT2D eigenvalue weighted by Crippen LogP contribution is 2.33. The summed E-state index contributed by atoms with van der Waals surface area (Å²) in [7, 11) is 1.44. The molecule has 2 N–H and O–H groups in total. The molecular formula is C18H24N2O6. The number of ether oxygens (including phenoxy) is 2. The van der Waals surface area contributed by atoms with E-state index in [1.807, 2.05) is 6.07 Å². The van der Waals surface area contributed by atoms with Crippen LogP contribution in [0.1, 0.15) is 26.7 Å². The van der Waals surface area contributed by atoms with Gasteiger partial charge in [0.05, 0.1) is 24.3 Å². The van der Waals surface area contributed by atoms with Crippen molar-refractivity contribution in [2.24, 2.45) is 0 Å². The minimum atomic E-state index is -1.03. The van der Waals surface area contributed by atoms with E-state index in [2.05, 4.69) is 5.32 Å². The minimum absolute atomic E-state index is 0.0335. The SMILES string of the molecule is COCC(C)(CC(=O)O)NC(=O)CCN1C(=O)C(C)Oc2ccccc21. The van der Waals surface area contributed by atoms with Crippen LogP contribution >= 0.6 is 0 Å². The monoisotopic (exact) mass is 364 g/mol. The zero-order chi connectivity index (χ0) is 19.3. The maximum atomic E-state index is 12.4. The molecule has 1 aromatic rings. The Morgan fingerprint density at radius 2 is 2.08 bits per heavy atom. The van der Waals surface area contributed by atoms with Crippen molar-refractivity contribution in [2.45, 2.75) is 38.3 Å². The highest BCUT2D eigenvalue weighted by atomic mass is 16.5. The lowest BCUT2D eigenvalue weighted by atomic mass is 9.98. The van der Waals surface area contributed by atoms with Crippen molar-refractivity contribution in [3.63, 3.8) is 0 Å². The Morgan fingerprint density at radius 1 is 1.38 bits per heavy atom. The average Bonchev–Trinajstić information content (AvgIpc) is 2.54. The summed E-state index contributed by atoms with van der Waals surface area (Å²) >= 11 is 0. The second kappa shape index (κ2) is 8.18. The fraction of sp³-hybridized carbons (Fsp3) is 0.500. The first kappa shape index (κ1) is 19.7. The number of para-hydroxylation sites is 2. The molecular weight excluding hydrogens is 340 g/mol. The molecule has 8 heteroatoms. The lowest BCUT2D eigenvalue weighted by Crippen LogP contribution is -2.52. The Hall–Kier alpha value is -2.61. The first-order valence-electron chi connectivity index (χ1n) is 8.34. The smallest absolute Gasteiger partial charge is 0.305 e. The van der Waals surface area contributed by atoms with Crippen LogP contribution in [0, 0.1) is 0 Å². The number of nitrogens with zero attached hydrogens (tertiary/aromatic N) is 1. The Bertz CT molecular complexity index is 692. The topological polar surface area (TPSA) is 105 Å². The van der Waals surface area contributed by atoms with Crippen LogP contribution in [0.2, 0.25) is 0 Å². The van der Waals surface area contributed by atoms with E-state index in [1.54, 1.807) is 32.0 Å². The summed E-state index contributed by atoms with van der Waals surface area (Å²) in [6.07, 6.45) is -0.854. The van der Waals surface area contributed by atoms with Crippen molar-refractivity contribution in [2.75, 3.05) is 25.2 Å². The van der Waals surface area contributed by atoms with Gasteiger partial charge in [-0.2, -0.15) is 0 Å². The van der Waals surface area contributed by atoms with Crippen molar-refractivity contribution >= 4 is 23.5 Å². The van der Waals surface area contributed by atoms with Gasteiger partial charge in [-0.1, -0.05) is 12.1 Å². The number of carbonyl (C=O) groups excluding carboxylic acids is 2. The maximum Gasteiger partial charge on any atom is 0.305 e. The number of amides is 2. The fourth-order valence-electron chi connectivity index (χ4n) is 2.99. The van der Waals surface area contributed by atoms with E-state index in [1.165, 1.54) is 12.0 Å². The molecule has 2 amide bonds. The summed E-state index contributed by atoms with van der Waals surface area (Å²) in [4.78, 5) is 37.3. The number of hydrogen-bond donors (Lipinski definition) is 2. The minimum Gasteiger partial charge on any atom is -0.481 e. The first-order valence-corrected chi connectivity index (χ1v) is 8.34. The van der Waals surface area contributed by atoms with E-state index in [-0.39, 0.29) is 37.8 Å². The molecule has 2 rings (SSSR count). The van der Waals surface area contributed by atoms with E-state index in [4.69, 9.17) is 14.6 Å². The van der Waals surface area contributed by atoms with Crippen molar-refractivity contribution in [3.05, 3.63) is 24.3 Å². The molecule has 0 saturated carbocycles. The third kappa shape index (κ3) is 4.72. The molecule has 26 heavy (non-hydrogen) atoms. The van der Waals surface area contributed by atoms with Crippen LogP contribution in [0.4, 0.5) is 5.69 Å². The summed E-state index contributed by atoms with van der Waals surface area (Å²) in [5, 5.41) is 11.7. The van der Waals surface area contributed by atoms with Crippen LogP contribution in [0.15, 0.2) is 24.3 Å². The van der Waals surface area contributed by atoms with Gasteiger partial charge in [-0.25, -0.2) is 0 Å². The molecule has 142 valence electrons. The number of nitrogens with one attached hydrogen (secondary N) is 1. The molecule has 8 nitrogen and oxygen atoms in total. The predicted octanol–water partition coefficient (Wildman–Crippen LogP) is 1.19. The van der Waals surface area contributed by atoms with Gasteiger partial charge in [-0.15, -0.1) is 0 Å². The molecule has 2 unspecified atom stereocenters. The van der Waals surface area contributed by atoms with E-state index in [0.29, 0.717) is 11.4 Å². The van der Waals surface area contributed by atoms with Crippen molar-refractivity contribution in [1.82, 2.24) is 5.32 Å². The first-order chi connectivity index (χ1) is 12.3. The molecule has 0 spiro atoms. The molecule has 0 aliphatic carbocycles. The third-order valence-electron chi connectivity index (χ3n) is 4.08. The number of carbonyl (C=O) groups is 3. The van der Waals surface area contributed by atoms with Crippen LogP contribution in [0.5, 0.6) is 5.75 Å². The number of hydrogen-bond acceptors (Lipinski definition) is 5. The average molecular weight is 364 g/mol. The van der Waals surface area contributed by atoms with Gasteiger partial charge in [0.15, 0.2) is 6.10 Å². The van der Waals surface area contributed by atoms with Gasteiger partial charge in [-0.05, 0) is 26.0 Å². The Morgan fingerprint density at radius 3 is 2.73 bits per heavy atom. The van der Waals surface area contributed by atoms with E-state index < -0.39 is 17.6 Å². The van der Waals surface area contributed by atoms with Crippen LogP contribution in [0.3, 0.4) is 0 Å². The number of aliphatic carboxylic acids is 1. The summed E-state index contributed by atoms with van der Waals surface area (Å²) in [5.74, 6) is -1.01. The summed E-state index contributed by atoms with van der Waals surface area (Å²) in [5.41, 5.74) is -0.397. The van der Waals surface area contributed by atoms with Crippen molar-refractivity contribution < 1.29 is 29.0 Å². The van der Waals surface area contributed by atoms with Crippen LogP contribution in [0.25, 0.3) is 0 Å². The second-order valence-electron chi connectivity index (χ2n) is 6.58. The quantitative estimate of drug-likeness (QED) is 0.718. The Labute approximate surface area is 152 Å². The molecule has 0 radical (unpaired) electrons. The van der Waals surface area contributed by atoms with Gasteiger partial charge in [0.1, 0.15) is 5.75 Å². The Balaban J connectivity index is 2.04. The summed E-state index contributed by atoms with van der Waals surface area (Å²) in [6.45, 7) is 3.51. The number of methoxy groups -OCH3 is 1. The zero-order valence-corrected chi connectivity index (χ0v) is 15.2. The third-order valence-corrected chi connectivity index (χ3v) is 4.08. The van der Waals surface area contributed by atoms with Crippen molar-refractivity contribution in [3.8, 4) is 5.75 Å². The lowest BCUT2D eigenvalue weighted by molar-refractivity contribution is -0.139. The fourth-order valence-corrected chi connectivity index (χ4v) is 2.99. The van der Waals surface area contributed by atoms with Crippen molar-refractivity contribution in [1.29, 1.82) is 0 Å². The lowest BCUT2D eigenvalue weighted by Gasteiger charge is -2.33. The Kier molecular flexibility index (Phi) is 6.20. The molecule has 0 bridgehead atoms. The van der Waals surface area contributed by atoms with Crippen LogP contribution < -0.4 is 15.0 Å². The molecule has 0 saturated heterocycles. The number of benzene rings is 1. The molecule has 0 aromatic heterocycles. The van der Waals surface area contributed by atoms with Gasteiger partial charge in [0.2, 0.25) is 5.91 Å². The number of anilines is 1. The molecule has 1 aromatic carbocycles. The number of rotatable bonds is 8. The van der Waals surface area contributed by atoms with Gasteiger partial charge in [0, 0.05) is 20.1 Å². The van der Waals surface area contributed by atoms with E-state index >= 15 is 0 Å². The predicted molar refractivity (Wildman–Crippen MR) is 94.2 cm³/mol. The van der Waals surface area contributed by atoms with Gasteiger partial charge in [0.25, 0.3) is 5.91 Å². The normalized spacial score (nSPS) is 18.5. The van der Waals surface area contributed by atoms with Gasteiger partial charge < -0.3 is 24.8 Å². The highest BCUT2D eigenvalue weighted by molar-refractivity contribution is 6.00. The van der Waals surface area contributed by atoms with Gasteiger partial charge in [-0.3, -0.25) is 14.4 Å². The molecule has 2 atom stereocenters. The van der Waals surface area contributed by atoms with E-state index in [0.717, 1.165) is 0 Å². The summed E-state index contributed by atoms with van der Waals surface area (Å²) < 4.78 is 10.6. The molecule has 1 heterocycles. The van der Waals surface area contributed by atoms with Crippen LogP contribution in [-0.2, 0) is 19.1 Å². The maximum absolute atomic E-state index is 12.4.